The first-order chi connectivity index (χ1) is 9.10. The SMILES string of the molecule is CN(C)C(C)(C)CNS(=O)(=O)c1ccc(C#N)c(Cl)c1. The molecular weight excluding hydrogens is 298 g/mol. The zero-order chi connectivity index (χ0) is 15.6. The number of hydrogen-bond acceptors (Lipinski definition) is 4. The van der Waals surface area contributed by atoms with E-state index in [1.807, 2.05) is 38.9 Å². The van der Waals surface area contributed by atoms with E-state index in [0.717, 1.165) is 0 Å². The third-order valence-corrected chi connectivity index (χ3v) is 4.99. The highest BCUT2D eigenvalue weighted by molar-refractivity contribution is 7.89. The van der Waals surface area contributed by atoms with E-state index in [2.05, 4.69) is 4.72 Å². The summed E-state index contributed by atoms with van der Waals surface area (Å²) < 4.78 is 26.9. The normalized spacial score (nSPS) is 12.4. The van der Waals surface area contributed by atoms with Crippen LogP contribution in [0, 0.1) is 11.3 Å². The molecule has 0 saturated heterocycles. The Balaban J connectivity index is 2.96. The van der Waals surface area contributed by atoms with Crippen LogP contribution in [0.2, 0.25) is 5.02 Å². The number of nitrogens with one attached hydrogen (secondary N) is 1. The molecule has 0 aliphatic rings. The Hall–Kier alpha value is -1.13. The van der Waals surface area contributed by atoms with Crippen molar-refractivity contribution in [2.24, 2.45) is 0 Å². The van der Waals surface area contributed by atoms with Gasteiger partial charge in [0.25, 0.3) is 0 Å². The topological polar surface area (TPSA) is 73.2 Å². The number of likely N-dealkylation sites (N-methyl/N-ethyl adjacent to an activating group) is 1. The summed E-state index contributed by atoms with van der Waals surface area (Å²) in [6.45, 7) is 4.13. The van der Waals surface area contributed by atoms with Crippen molar-refractivity contribution in [2.45, 2.75) is 24.3 Å². The molecule has 5 nitrogen and oxygen atoms in total. The average molecular weight is 316 g/mol. The summed E-state index contributed by atoms with van der Waals surface area (Å²) in [5.74, 6) is 0. The summed E-state index contributed by atoms with van der Waals surface area (Å²) in [5, 5.41) is 8.91. The second-order valence-corrected chi connectivity index (χ2v) is 7.46. The second-order valence-electron chi connectivity index (χ2n) is 5.28. The summed E-state index contributed by atoms with van der Waals surface area (Å²) in [5.41, 5.74) is -0.0667. The first-order valence-corrected chi connectivity index (χ1v) is 7.83. The Labute approximate surface area is 125 Å². The van der Waals surface area contributed by atoms with Gasteiger partial charge in [-0.2, -0.15) is 5.26 Å². The molecule has 0 spiro atoms. The monoisotopic (exact) mass is 315 g/mol. The lowest BCUT2D eigenvalue weighted by Crippen LogP contribution is -2.48. The zero-order valence-corrected chi connectivity index (χ0v) is 13.5. The quantitative estimate of drug-likeness (QED) is 0.899. The van der Waals surface area contributed by atoms with E-state index in [4.69, 9.17) is 16.9 Å². The largest absolute Gasteiger partial charge is 0.303 e. The molecule has 0 aliphatic heterocycles. The molecule has 0 fully saturated rings. The lowest BCUT2D eigenvalue weighted by atomic mass is 10.1. The molecule has 1 N–H and O–H groups in total. The van der Waals surface area contributed by atoms with E-state index in [0.29, 0.717) is 0 Å². The van der Waals surface area contributed by atoms with Gasteiger partial charge in [-0.1, -0.05) is 11.6 Å². The van der Waals surface area contributed by atoms with Gasteiger partial charge in [0.1, 0.15) is 6.07 Å². The van der Waals surface area contributed by atoms with Crippen molar-refractivity contribution < 1.29 is 8.42 Å². The second kappa shape index (κ2) is 6.10. The molecule has 0 heterocycles. The minimum atomic E-state index is -3.64. The third kappa shape index (κ3) is 3.93. The molecule has 0 amide bonds. The summed E-state index contributed by atoms with van der Waals surface area (Å²) in [6.07, 6.45) is 0. The first kappa shape index (κ1) is 16.9. The van der Waals surface area contributed by atoms with Gasteiger partial charge in [-0.3, -0.25) is 0 Å². The minimum Gasteiger partial charge on any atom is -0.303 e. The Morgan fingerprint density at radius 1 is 1.40 bits per heavy atom. The van der Waals surface area contributed by atoms with Crippen molar-refractivity contribution in [1.29, 1.82) is 5.26 Å². The van der Waals surface area contributed by atoms with Crippen LogP contribution in [0.1, 0.15) is 19.4 Å². The molecule has 0 atom stereocenters. The van der Waals surface area contributed by atoms with Gasteiger partial charge < -0.3 is 4.90 Å². The maximum Gasteiger partial charge on any atom is 0.240 e. The summed E-state index contributed by atoms with van der Waals surface area (Å²) in [6, 6.07) is 5.94. The fourth-order valence-electron chi connectivity index (χ4n) is 1.27. The van der Waals surface area contributed by atoms with Crippen LogP contribution in [0.3, 0.4) is 0 Å². The fourth-order valence-corrected chi connectivity index (χ4v) is 2.78. The molecule has 1 aromatic carbocycles. The van der Waals surface area contributed by atoms with Gasteiger partial charge in [0.15, 0.2) is 0 Å². The molecule has 20 heavy (non-hydrogen) atoms. The van der Waals surface area contributed by atoms with Crippen molar-refractivity contribution >= 4 is 21.6 Å². The predicted octanol–water partition coefficient (Wildman–Crippen LogP) is 1.83. The van der Waals surface area contributed by atoms with E-state index in [1.54, 1.807) is 0 Å². The first-order valence-electron chi connectivity index (χ1n) is 5.97. The van der Waals surface area contributed by atoms with Gasteiger partial charge in [0.05, 0.1) is 15.5 Å². The molecule has 7 heteroatoms. The number of nitriles is 1. The third-order valence-electron chi connectivity index (χ3n) is 3.28. The molecule has 110 valence electrons. The van der Waals surface area contributed by atoms with Crippen molar-refractivity contribution in [3.05, 3.63) is 28.8 Å². The van der Waals surface area contributed by atoms with E-state index in [1.165, 1.54) is 18.2 Å². The van der Waals surface area contributed by atoms with Gasteiger partial charge in [-0.15, -0.1) is 0 Å². The highest BCUT2D eigenvalue weighted by Crippen LogP contribution is 2.20. The Morgan fingerprint density at radius 3 is 2.45 bits per heavy atom. The minimum absolute atomic E-state index is 0.0519. The fraction of sp³-hybridized carbons (Fsp3) is 0.462. The molecule has 0 saturated carbocycles. The Bertz CT molecular complexity index is 634. The number of rotatable bonds is 5. The van der Waals surface area contributed by atoms with Crippen LogP contribution in [-0.4, -0.2) is 39.5 Å². The summed E-state index contributed by atoms with van der Waals surface area (Å²) in [4.78, 5) is 1.98. The van der Waals surface area contributed by atoms with Crippen LogP contribution >= 0.6 is 11.6 Å². The number of sulfonamides is 1. The lowest BCUT2D eigenvalue weighted by Gasteiger charge is -2.32. The van der Waals surface area contributed by atoms with Crippen LogP contribution in [-0.2, 0) is 10.0 Å². The van der Waals surface area contributed by atoms with E-state index in [-0.39, 0.29) is 27.6 Å². The van der Waals surface area contributed by atoms with Crippen LogP contribution in [0.25, 0.3) is 0 Å². The zero-order valence-electron chi connectivity index (χ0n) is 11.9. The predicted molar refractivity (Wildman–Crippen MR) is 79.1 cm³/mol. The molecule has 0 bridgehead atoms. The average Bonchev–Trinajstić information content (AvgIpc) is 2.36. The summed E-state index contributed by atoms with van der Waals surface area (Å²) in [7, 11) is 0.119. The number of hydrogen-bond donors (Lipinski definition) is 1. The Morgan fingerprint density at radius 2 is 2.00 bits per heavy atom. The van der Waals surface area contributed by atoms with Gasteiger partial charge in [0, 0.05) is 12.1 Å². The van der Waals surface area contributed by atoms with Crippen LogP contribution in [0.5, 0.6) is 0 Å². The maximum atomic E-state index is 12.2. The van der Waals surface area contributed by atoms with Crippen LogP contribution in [0.4, 0.5) is 0 Å². The number of nitrogens with zero attached hydrogens (tertiary/aromatic N) is 2. The van der Waals surface area contributed by atoms with Crippen molar-refractivity contribution in [3.8, 4) is 6.07 Å². The van der Waals surface area contributed by atoms with Crippen LogP contribution in [0.15, 0.2) is 23.1 Å². The molecule has 0 unspecified atom stereocenters. The molecular formula is C13H18ClN3O2S. The smallest absolute Gasteiger partial charge is 0.240 e. The molecule has 0 aliphatic carbocycles. The highest BCUT2D eigenvalue weighted by atomic mass is 35.5. The highest BCUT2D eigenvalue weighted by Gasteiger charge is 2.24. The van der Waals surface area contributed by atoms with E-state index >= 15 is 0 Å². The van der Waals surface area contributed by atoms with E-state index in [9.17, 15) is 8.42 Å². The molecule has 0 aromatic heterocycles. The van der Waals surface area contributed by atoms with Gasteiger partial charge in [-0.05, 0) is 46.1 Å². The van der Waals surface area contributed by atoms with Gasteiger partial charge in [-0.25, -0.2) is 13.1 Å². The molecule has 1 aromatic rings. The lowest BCUT2D eigenvalue weighted by molar-refractivity contribution is 0.199. The molecule has 1 rings (SSSR count). The van der Waals surface area contributed by atoms with Gasteiger partial charge >= 0.3 is 0 Å². The van der Waals surface area contributed by atoms with E-state index < -0.39 is 10.0 Å². The summed E-state index contributed by atoms with van der Waals surface area (Å²) >= 11 is 5.85. The maximum absolute atomic E-state index is 12.2. The van der Waals surface area contributed by atoms with Crippen molar-refractivity contribution in [3.63, 3.8) is 0 Å². The number of halogens is 1. The number of benzene rings is 1. The van der Waals surface area contributed by atoms with Crippen LogP contribution < -0.4 is 4.72 Å². The molecule has 0 radical (unpaired) electrons. The standard InChI is InChI=1S/C13H18ClN3O2S/c1-13(2,17(3)4)9-16-20(18,19)11-6-5-10(8-15)12(14)7-11/h5-7,16H,9H2,1-4H3. The Kier molecular flexibility index (Phi) is 5.16. The van der Waals surface area contributed by atoms with Crippen molar-refractivity contribution in [2.75, 3.05) is 20.6 Å². The van der Waals surface area contributed by atoms with Crippen molar-refractivity contribution in [1.82, 2.24) is 9.62 Å². The van der Waals surface area contributed by atoms with Gasteiger partial charge in [0.2, 0.25) is 10.0 Å².